The van der Waals surface area contributed by atoms with E-state index in [0.717, 1.165) is 23.6 Å². The van der Waals surface area contributed by atoms with Crippen LogP contribution in [-0.2, 0) is 0 Å². The third-order valence-electron chi connectivity index (χ3n) is 2.48. The van der Waals surface area contributed by atoms with Gasteiger partial charge in [-0.15, -0.1) is 0 Å². The molecule has 74 valence electrons. The third-order valence-corrected chi connectivity index (χ3v) is 3.39. The van der Waals surface area contributed by atoms with Crippen molar-refractivity contribution in [3.8, 4) is 0 Å². The highest BCUT2D eigenvalue weighted by Crippen LogP contribution is 2.34. The van der Waals surface area contributed by atoms with Crippen LogP contribution in [0.3, 0.4) is 0 Å². The van der Waals surface area contributed by atoms with Gasteiger partial charge >= 0.3 is 0 Å². The van der Waals surface area contributed by atoms with Crippen molar-refractivity contribution in [2.75, 3.05) is 0 Å². The van der Waals surface area contributed by atoms with Gasteiger partial charge in [-0.3, -0.25) is 0 Å². The van der Waals surface area contributed by atoms with E-state index in [0.29, 0.717) is 0 Å². The molecule has 1 aliphatic heterocycles. The van der Waals surface area contributed by atoms with Crippen molar-refractivity contribution < 1.29 is 0 Å². The molecule has 0 unspecified atom stereocenters. The summed E-state index contributed by atoms with van der Waals surface area (Å²) in [6, 6.07) is 3.96. The first-order valence-electron chi connectivity index (χ1n) is 5.00. The van der Waals surface area contributed by atoms with Gasteiger partial charge in [0.2, 0.25) is 0 Å². The molecule has 0 fully saturated rings. The molecule has 0 saturated heterocycles. The van der Waals surface area contributed by atoms with Gasteiger partial charge in [-0.05, 0) is 30.4 Å². The number of nitrogens with zero attached hydrogens (tertiary/aromatic N) is 2. The molecule has 0 aromatic carbocycles. The van der Waals surface area contributed by atoms with Crippen molar-refractivity contribution in [1.82, 2.24) is 4.98 Å². The molecule has 1 aliphatic carbocycles. The minimum absolute atomic E-state index is 0.999. The van der Waals surface area contributed by atoms with E-state index in [9.17, 15) is 0 Å². The number of allylic oxidation sites excluding steroid dienone is 3. The lowest BCUT2D eigenvalue weighted by Crippen LogP contribution is -2.03. The second-order valence-electron chi connectivity index (χ2n) is 3.52. The van der Waals surface area contributed by atoms with Crippen LogP contribution in [0.5, 0.6) is 0 Å². The van der Waals surface area contributed by atoms with E-state index in [1.807, 2.05) is 18.3 Å². The molecule has 3 heteroatoms. The summed E-state index contributed by atoms with van der Waals surface area (Å²) in [7, 11) is 0. The van der Waals surface area contributed by atoms with Crippen LogP contribution in [0.2, 0.25) is 0 Å². The zero-order valence-corrected chi connectivity index (χ0v) is 9.00. The summed E-state index contributed by atoms with van der Waals surface area (Å²) in [5, 5.41) is 3.15. The smallest absolute Gasteiger partial charge is 0.126 e. The fourth-order valence-corrected chi connectivity index (χ4v) is 2.53. The van der Waals surface area contributed by atoms with Crippen molar-refractivity contribution in [1.29, 1.82) is 0 Å². The maximum absolute atomic E-state index is 4.67. The lowest BCUT2D eigenvalue weighted by atomic mass is 10.0. The molecule has 2 nitrogen and oxygen atoms in total. The second-order valence-corrected chi connectivity index (χ2v) is 4.38. The Morgan fingerprint density at radius 2 is 2.33 bits per heavy atom. The minimum Gasteiger partial charge on any atom is -0.250 e. The second kappa shape index (κ2) is 3.66. The average molecular weight is 214 g/mol. The predicted octanol–water partition coefficient (Wildman–Crippen LogP) is 3.49. The molecular weight excluding hydrogens is 204 g/mol. The van der Waals surface area contributed by atoms with Gasteiger partial charge in [0.05, 0.1) is 5.69 Å². The van der Waals surface area contributed by atoms with Gasteiger partial charge in [0, 0.05) is 17.5 Å². The van der Waals surface area contributed by atoms with E-state index in [4.69, 9.17) is 0 Å². The van der Waals surface area contributed by atoms with Crippen molar-refractivity contribution in [2.45, 2.75) is 17.9 Å². The van der Waals surface area contributed by atoms with E-state index in [1.165, 1.54) is 11.3 Å². The Hall–Kier alpha value is -1.35. The fraction of sp³-hybridized carbons (Fsp3) is 0.167. The quantitative estimate of drug-likeness (QED) is 0.660. The van der Waals surface area contributed by atoms with Gasteiger partial charge in [0.15, 0.2) is 0 Å². The van der Waals surface area contributed by atoms with Crippen LogP contribution in [0, 0.1) is 0 Å². The van der Waals surface area contributed by atoms with Crippen LogP contribution in [-0.4, -0.2) is 10.7 Å². The highest BCUT2D eigenvalue weighted by atomic mass is 32.2. The maximum atomic E-state index is 4.67. The number of hydrogen-bond acceptors (Lipinski definition) is 3. The average Bonchev–Trinajstić information content (AvgIpc) is 2.48. The minimum atomic E-state index is 0.999. The predicted molar refractivity (Wildman–Crippen MR) is 63.6 cm³/mol. The normalized spacial score (nSPS) is 18.4. The van der Waals surface area contributed by atoms with Crippen molar-refractivity contribution in [3.63, 3.8) is 0 Å². The van der Waals surface area contributed by atoms with E-state index in [-0.39, 0.29) is 0 Å². The number of hydrogen-bond donors (Lipinski definition) is 0. The van der Waals surface area contributed by atoms with Crippen LogP contribution >= 0.6 is 11.8 Å². The van der Waals surface area contributed by atoms with Crippen LogP contribution in [0.15, 0.2) is 51.5 Å². The highest BCUT2D eigenvalue weighted by Gasteiger charge is 2.14. The molecule has 1 aromatic heterocycles. The number of rotatable bonds is 0. The summed E-state index contributed by atoms with van der Waals surface area (Å²) in [4.78, 5) is 9.00. The number of aromatic nitrogens is 1. The molecule has 0 bridgehead atoms. The van der Waals surface area contributed by atoms with Gasteiger partial charge in [0.1, 0.15) is 5.03 Å². The van der Waals surface area contributed by atoms with Gasteiger partial charge < -0.3 is 0 Å². The lowest BCUT2D eigenvalue weighted by molar-refractivity contribution is 1.06. The summed E-state index contributed by atoms with van der Waals surface area (Å²) in [6.07, 6.45) is 8.30. The Labute approximate surface area is 92.8 Å². The number of aliphatic imine (C=N–C) groups is 1. The van der Waals surface area contributed by atoms with Crippen LogP contribution in [0.4, 0.5) is 5.69 Å². The molecule has 0 amide bonds. The van der Waals surface area contributed by atoms with Gasteiger partial charge in [-0.1, -0.05) is 23.9 Å². The number of thioether (sulfide) groups is 1. The van der Waals surface area contributed by atoms with Gasteiger partial charge in [-0.2, -0.15) is 0 Å². The zero-order valence-electron chi connectivity index (χ0n) is 8.18. The van der Waals surface area contributed by atoms with E-state index >= 15 is 0 Å². The molecule has 3 rings (SSSR count). The summed E-state index contributed by atoms with van der Waals surface area (Å²) < 4.78 is 0. The Morgan fingerprint density at radius 3 is 3.33 bits per heavy atom. The Morgan fingerprint density at radius 1 is 1.33 bits per heavy atom. The summed E-state index contributed by atoms with van der Waals surface area (Å²) in [6.45, 7) is 0. The first-order valence-corrected chi connectivity index (χ1v) is 5.88. The lowest BCUT2D eigenvalue weighted by Gasteiger charge is -2.08. The third kappa shape index (κ3) is 1.63. The Balaban J connectivity index is 2.14. The van der Waals surface area contributed by atoms with Crippen LogP contribution < -0.4 is 0 Å². The molecule has 0 saturated carbocycles. The first-order chi connectivity index (χ1) is 7.43. The van der Waals surface area contributed by atoms with Crippen molar-refractivity contribution in [2.24, 2.45) is 4.99 Å². The van der Waals surface area contributed by atoms with Crippen molar-refractivity contribution in [3.05, 3.63) is 41.5 Å². The summed E-state index contributed by atoms with van der Waals surface area (Å²) >= 11 is 1.66. The molecule has 2 aliphatic rings. The van der Waals surface area contributed by atoms with Crippen LogP contribution in [0.25, 0.3) is 0 Å². The molecular formula is C12H10N2S. The molecule has 1 aromatic rings. The Kier molecular flexibility index (Phi) is 2.18. The SMILES string of the molecule is C1=CC2=CSc3ncccc3N=C2CC1. The largest absolute Gasteiger partial charge is 0.250 e. The standard InChI is InChI=1S/C12H10N2S/c1-2-5-10-9(4-1)8-15-12-11(14-10)6-3-7-13-12/h1,3-4,6-8H,2,5H2. The summed E-state index contributed by atoms with van der Waals surface area (Å²) in [5.74, 6) is 0. The first kappa shape index (κ1) is 8.92. The fourth-order valence-electron chi connectivity index (χ4n) is 1.72. The topological polar surface area (TPSA) is 25.2 Å². The van der Waals surface area contributed by atoms with E-state index in [2.05, 4.69) is 27.5 Å². The summed E-state index contributed by atoms with van der Waals surface area (Å²) in [5.41, 5.74) is 3.43. The highest BCUT2D eigenvalue weighted by molar-refractivity contribution is 8.02. The monoisotopic (exact) mass is 214 g/mol. The zero-order chi connectivity index (χ0) is 10.1. The molecule has 15 heavy (non-hydrogen) atoms. The van der Waals surface area contributed by atoms with E-state index in [1.54, 1.807) is 11.8 Å². The molecule has 0 radical (unpaired) electrons. The molecule has 0 spiro atoms. The Bertz CT molecular complexity index is 486. The van der Waals surface area contributed by atoms with E-state index < -0.39 is 0 Å². The van der Waals surface area contributed by atoms with Crippen LogP contribution in [0.1, 0.15) is 12.8 Å². The van der Waals surface area contributed by atoms with Gasteiger partial charge in [-0.25, -0.2) is 9.98 Å². The molecule has 0 N–H and O–H groups in total. The molecule has 0 atom stereocenters. The number of fused-ring (bicyclic) bond motifs is 2. The number of pyridine rings is 1. The van der Waals surface area contributed by atoms with Gasteiger partial charge in [0.25, 0.3) is 0 Å². The molecule has 2 heterocycles. The van der Waals surface area contributed by atoms with Crippen molar-refractivity contribution >= 4 is 23.2 Å². The maximum Gasteiger partial charge on any atom is 0.126 e.